The molecule has 0 aliphatic carbocycles. The van der Waals surface area contributed by atoms with Gasteiger partial charge in [0.05, 0.1) is 0 Å². The fraction of sp³-hybridized carbons (Fsp3) is 0.333. The van der Waals surface area contributed by atoms with Crippen LogP contribution in [-0.4, -0.2) is 0 Å². The van der Waals surface area contributed by atoms with Gasteiger partial charge >= 0.3 is 0 Å². The maximum atomic E-state index is 4.13. The molecule has 0 unspecified atom stereocenters. The summed E-state index contributed by atoms with van der Waals surface area (Å²) in [6.45, 7) is 2.11. The Morgan fingerprint density at radius 1 is 1.62 bits per heavy atom. The lowest BCUT2D eigenvalue weighted by molar-refractivity contribution is 1.56. The van der Waals surface area contributed by atoms with Gasteiger partial charge in [-0.2, -0.15) is 12.6 Å². The van der Waals surface area contributed by atoms with Crippen LogP contribution < -0.4 is 0 Å². The topological polar surface area (TPSA) is 0 Å². The second-order valence-electron chi connectivity index (χ2n) is 1.67. The second kappa shape index (κ2) is 2.55. The van der Waals surface area contributed by atoms with Gasteiger partial charge in [-0.3, -0.25) is 0 Å². The van der Waals surface area contributed by atoms with Gasteiger partial charge in [-0.1, -0.05) is 0 Å². The van der Waals surface area contributed by atoms with E-state index in [0.29, 0.717) is 0 Å². The van der Waals surface area contributed by atoms with Gasteiger partial charge in [-0.25, -0.2) is 0 Å². The van der Waals surface area contributed by atoms with Gasteiger partial charge in [0.25, 0.3) is 0 Å². The lowest BCUT2D eigenvalue weighted by Gasteiger charge is -1.80. The minimum atomic E-state index is 0.874. The Morgan fingerprint density at radius 3 is 2.62 bits per heavy atom. The number of rotatable bonds is 1. The highest BCUT2D eigenvalue weighted by Gasteiger charge is 1.90. The average Bonchev–Trinajstić information content (AvgIpc) is 2.14. The van der Waals surface area contributed by atoms with Crippen molar-refractivity contribution in [3.63, 3.8) is 0 Å². The highest BCUT2D eigenvalue weighted by atomic mass is 32.1. The molecule has 0 aliphatic rings. The molecule has 0 N–H and O–H groups in total. The Bertz CT molecular complexity index is 167. The zero-order valence-electron chi connectivity index (χ0n) is 4.72. The van der Waals surface area contributed by atoms with E-state index in [0.717, 1.165) is 5.75 Å². The molecule has 0 fully saturated rings. The van der Waals surface area contributed by atoms with Gasteiger partial charge in [0.15, 0.2) is 0 Å². The molecule has 0 nitrogen and oxygen atoms in total. The van der Waals surface area contributed by atoms with Crippen LogP contribution in [0.2, 0.25) is 0 Å². The van der Waals surface area contributed by atoms with Crippen LogP contribution in [0.5, 0.6) is 0 Å². The van der Waals surface area contributed by atoms with Crippen molar-refractivity contribution in [1.82, 2.24) is 0 Å². The molecule has 44 valence electrons. The van der Waals surface area contributed by atoms with Gasteiger partial charge in [0.1, 0.15) is 0 Å². The smallest absolute Gasteiger partial charge is 0.0248 e. The second-order valence-corrected chi connectivity index (χ2v) is 3.36. The van der Waals surface area contributed by atoms with Crippen molar-refractivity contribution in [2.45, 2.75) is 12.7 Å². The number of hydrogen-bond donors (Lipinski definition) is 1. The maximum Gasteiger partial charge on any atom is 0.0248 e. The summed E-state index contributed by atoms with van der Waals surface area (Å²) in [7, 11) is 0. The van der Waals surface area contributed by atoms with Crippen LogP contribution in [0, 0.1) is 6.92 Å². The summed E-state index contributed by atoms with van der Waals surface area (Å²) < 4.78 is 0. The summed E-state index contributed by atoms with van der Waals surface area (Å²) in [6.07, 6.45) is 0. The maximum absolute atomic E-state index is 4.13. The van der Waals surface area contributed by atoms with Crippen molar-refractivity contribution in [3.05, 3.63) is 21.9 Å². The molecule has 8 heavy (non-hydrogen) atoms. The molecule has 2 heteroatoms. The SMILES string of the molecule is Cc1ccc(CS)s1. The molecule has 1 aromatic rings. The highest BCUT2D eigenvalue weighted by molar-refractivity contribution is 7.79. The minimum absolute atomic E-state index is 0.874. The van der Waals surface area contributed by atoms with Crippen molar-refractivity contribution in [3.8, 4) is 0 Å². The molecule has 0 aromatic carbocycles. The monoisotopic (exact) mass is 144 g/mol. The molecule has 1 aromatic heterocycles. The molecule has 0 spiro atoms. The molecule has 0 aliphatic heterocycles. The Hall–Kier alpha value is 0.0500. The van der Waals surface area contributed by atoms with E-state index in [2.05, 4.69) is 31.7 Å². The van der Waals surface area contributed by atoms with E-state index in [-0.39, 0.29) is 0 Å². The molecular weight excluding hydrogens is 136 g/mol. The normalized spacial score (nSPS) is 9.75. The minimum Gasteiger partial charge on any atom is -0.174 e. The summed E-state index contributed by atoms with van der Waals surface area (Å²) in [6, 6.07) is 4.24. The van der Waals surface area contributed by atoms with E-state index in [9.17, 15) is 0 Å². The average molecular weight is 144 g/mol. The summed E-state index contributed by atoms with van der Waals surface area (Å²) >= 11 is 5.95. The summed E-state index contributed by atoms with van der Waals surface area (Å²) in [5, 5.41) is 0. The fourth-order valence-corrected chi connectivity index (χ4v) is 1.62. The van der Waals surface area contributed by atoms with E-state index in [1.165, 1.54) is 9.75 Å². The van der Waals surface area contributed by atoms with Crippen LogP contribution in [0.4, 0.5) is 0 Å². The van der Waals surface area contributed by atoms with E-state index in [4.69, 9.17) is 0 Å². The van der Waals surface area contributed by atoms with Gasteiger partial charge in [-0.15, -0.1) is 11.3 Å². The standard InChI is InChI=1S/C6H8S2/c1-5-2-3-6(4-7)8-5/h2-3,7H,4H2,1H3. The largest absolute Gasteiger partial charge is 0.174 e. The molecule has 0 saturated carbocycles. The molecule has 1 rings (SSSR count). The Kier molecular flexibility index (Phi) is 1.97. The first kappa shape index (κ1) is 6.17. The zero-order valence-corrected chi connectivity index (χ0v) is 6.43. The van der Waals surface area contributed by atoms with Crippen molar-refractivity contribution >= 4 is 24.0 Å². The first-order valence-corrected chi connectivity index (χ1v) is 3.94. The van der Waals surface area contributed by atoms with Crippen molar-refractivity contribution in [2.75, 3.05) is 0 Å². The van der Waals surface area contributed by atoms with E-state index in [1.807, 2.05) is 11.3 Å². The van der Waals surface area contributed by atoms with Crippen molar-refractivity contribution < 1.29 is 0 Å². The predicted octanol–water partition coefficient (Wildman–Crippen LogP) is 2.49. The quantitative estimate of drug-likeness (QED) is 0.575. The number of thiophene rings is 1. The molecule has 0 saturated heterocycles. The third-order valence-corrected chi connectivity index (χ3v) is 2.51. The molecule has 0 amide bonds. The third-order valence-electron chi connectivity index (χ3n) is 0.952. The highest BCUT2D eigenvalue weighted by Crippen LogP contribution is 2.15. The molecule has 0 bridgehead atoms. The van der Waals surface area contributed by atoms with E-state index in [1.54, 1.807) is 0 Å². The van der Waals surface area contributed by atoms with Crippen molar-refractivity contribution in [2.24, 2.45) is 0 Å². The van der Waals surface area contributed by atoms with Crippen LogP contribution in [0.25, 0.3) is 0 Å². The van der Waals surface area contributed by atoms with Crippen LogP contribution in [0.3, 0.4) is 0 Å². The van der Waals surface area contributed by atoms with Gasteiger partial charge < -0.3 is 0 Å². The van der Waals surface area contributed by atoms with Gasteiger partial charge in [0.2, 0.25) is 0 Å². The third kappa shape index (κ3) is 1.26. The van der Waals surface area contributed by atoms with Crippen LogP contribution in [0.1, 0.15) is 9.75 Å². The molecule has 0 atom stereocenters. The van der Waals surface area contributed by atoms with Crippen molar-refractivity contribution in [1.29, 1.82) is 0 Å². The lowest BCUT2D eigenvalue weighted by atomic mass is 10.5. The summed E-state index contributed by atoms with van der Waals surface area (Å²) in [4.78, 5) is 2.72. The molecule has 1 heterocycles. The first-order chi connectivity index (χ1) is 3.83. The molecular formula is C6H8S2. The number of hydrogen-bond acceptors (Lipinski definition) is 2. The Labute approximate surface area is 59.0 Å². The van der Waals surface area contributed by atoms with Gasteiger partial charge in [0, 0.05) is 15.5 Å². The number of thiol groups is 1. The fourth-order valence-electron chi connectivity index (χ4n) is 0.570. The summed E-state index contributed by atoms with van der Waals surface area (Å²) in [5.41, 5.74) is 0. The van der Waals surface area contributed by atoms with Crippen LogP contribution in [0.15, 0.2) is 12.1 Å². The van der Waals surface area contributed by atoms with Crippen LogP contribution >= 0.6 is 24.0 Å². The predicted molar refractivity (Wildman–Crippen MR) is 41.7 cm³/mol. The van der Waals surface area contributed by atoms with Crippen LogP contribution in [-0.2, 0) is 5.75 Å². The van der Waals surface area contributed by atoms with E-state index >= 15 is 0 Å². The first-order valence-electron chi connectivity index (χ1n) is 2.49. The number of aryl methyl sites for hydroxylation is 1. The zero-order chi connectivity index (χ0) is 5.98. The van der Waals surface area contributed by atoms with Gasteiger partial charge in [-0.05, 0) is 19.1 Å². The Balaban J connectivity index is 2.84. The summed E-state index contributed by atoms with van der Waals surface area (Å²) in [5.74, 6) is 0.874. The lowest BCUT2D eigenvalue weighted by Crippen LogP contribution is -1.59. The van der Waals surface area contributed by atoms with E-state index < -0.39 is 0 Å². The Morgan fingerprint density at radius 2 is 2.38 bits per heavy atom. The molecule has 0 radical (unpaired) electrons.